The third kappa shape index (κ3) is 3.61. The van der Waals surface area contributed by atoms with Crippen LogP contribution in [0.15, 0.2) is 28.7 Å². The van der Waals surface area contributed by atoms with E-state index in [-0.39, 0.29) is 0 Å². The number of aryl methyl sites for hydroxylation is 2. The van der Waals surface area contributed by atoms with Crippen LogP contribution in [0.1, 0.15) is 23.9 Å². The molecule has 0 amide bonds. The Bertz CT molecular complexity index is 580. The van der Waals surface area contributed by atoms with Gasteiger partial charge in [-0.3, -0.25) is 4.68 Å². The van der Waals surface area contributed by atoms with Crippen molar-refractivity contribution in [3.05, 3.63) is 45.7 Å². The summed E-state index contributed by atoms with van der Waals surface area (Å²) >= 11 is 3.54. The van der Waals surface area contributed by atoms with Crippen LogP contribution in [-0.4, -0.2) is 16.3 Å². The summed E-state index contributed by atoms with van der Waals surface area (Å²) in [6.07, 6.45) is 0.876. The van der Waals surface area contributed by atoms with Gasteiger partial charge in [0.15, 0.2) is 0 Å². The Morgan fingerprint density at radius 1 is 1.35 bits per heavy atom. The van der Waals surface area contributed by atoms with Crippen molar-refractivity contribution in [1.82, 2.24) is 9.78 Å². The lowest BCUT2D eigenvalue weighted by Gasteiger charge is -2.10. The number of benzene rings is 1. The Kier molecular flexibility index (Phi) is 5.20. The number of nitrogens with zero attached hydrogens (tertiary/aromatic N) is 2. The lowest BCUT2D eigenvalue weighted by Crippen LogP contribution is -2.06. The zero-order chi connectivity index (χ0) is 14.5. The van der Waals surface area contributed by atoms with Gasteiger partial charge >= 0.3 is 0 Å². The van der Waals surface area contributed by atoms with Crippen LogP contribution in [0.4, 0.5) is 0 Å². The third-order valence-corrected chi connectivity index (χ3v) is 3.71. The standard InChI is InChI=1S/C15H20BrN3O/c1-3-19-13(8-11(2)18-19)10-20-15-5-4-12(6-7-17)9-14(15)16/h4-5,8-9H,3,6-7,10,17H2,1-2H3. The summed E-state index contributed by atoms with van der Waals surface area (Å²) in [4.78, 5) is 0. The molecule has 5 heteroatoms. The normalized spacial score (nSPS) is 10.8. The first-order valence-corrected chi connectivity index (χ1v) is 7.58. The number of rotatable bonds is 6. The lowest BCUT2D eigenvalue weighted by atomic mass is 10.1. The van der Waals surface area contributed by atoms with Gasteiger partial charge in [0.1, 0.15) is 12.4 Å². The fourth-order valence-corrected chi connectivity index (χ4v) is 2.67. The van der Waals surface area contributed by atoms with Crippen LogP contribution in [-0.2, 0) is 19.6 Å². The van der Waals surface area contributed by atoms with Crippen molar-refractivity contribution in [1.29, 1.82) is 0 Å². The smallest absolute Gasteiger partial charge is 0.134 e. The molecule has 2 aromatic rings. The van der Waals surface area contributed by atoms with Crippen molar-refractivity contribution in [2.45, 2.75) is 33.4 Å². The molecule has 0 unspecified atom stereocenters. The van der Waals surface area contributed by atoms with E-state index in [0.717, 1.165) is 34.6 Å². The second-order valence-corrected chi connectivity index (χ2v) is 5.54. The van der Waals surface area contributed by atoms with Gasteiger partial charge in [0.2, 0.25) is 0 Å². The Balaban J connectivity index is 2.06. The lowest BCUT2D eigenvalue weighted by molar-refractivity contribution is 0.290. The Hall–Kier alpha value is -1.33. The first-order chi connectivity index (χ1) is 9.63. The van der Waals surface area contributed by atoms with Crippen LogP contribution in [0.3, 0.4) is 0 Å². The van der Waals surface area contributed by atoms with E-state index in [1.54, 1.807) is 0 Å². The number of nitrogens with two attached hydrogens (primary N) is 1. The highest BCUT2D eigenvalue weighted by atomic mass is 79.9. The molecule has 0 radical (unpaired) electrons. The van der Waals surface area contributed by atoms with E-state index >= 15 is 0 Å². The van der Waals surface area contributed by atoms with Gasteiger partial charge in [0, 0.05) is 6.54 Å². The first-order valence-electron chi connectivity index (χ1n) is 6.78. The summed E-state index contributed by atoms with van der Waals surface area (Å²) in [5.41, 5.74) is 8.87. The van der Waals surface area contributed by atoms with Gasteiger partial charge in [-0.05, 0) is 66.5 Å². The minimum absolute atomic E-state index is 0.517. The van der Waals surface area contributed by atoms with Gasteiger partial charge in [0.05, 0.1) is 15.9 Å². The molecule has 0 spiro atoms. The molecule has 1 heterocycles. The summed E-state index contributed by atoms with van der Waals surface area (Å²) in [6.45, 7) is 6.09. The van der Waals surface area contributed by atoms with Crippen LogP contribution in [0.5, 0.6) is 5.75 Å². The molecule has 20 heavy (non-hydrogen) atoms. The van der Waals surface area contributed by atoms with Crippen LogP contribution in [0.25, 0.3) is 0 Å². The Labute approximate surface area is 128 Å². The molecule has 4 nitrogen and oxygen atoms in total. The summed E-state index contributed by atoms with van der Waals surface area (Å²) in [7, 11) is 0. The molecule has 0 aliphatic heterocycles. The Morgan fingerprint density at radius 3 is 2.80 bits per heavy atom. The van der Waals surface area contributed by atoms with Crippen LogP contribution in [0.2, 0.25) is 0 Å². The molecule has 2 N–H and O–H groups in total. The number of ether oxygens (including phenoxy) is 1. The van der Waals surface area contributed by atoms with Crippen LogP contribution in [0, 0.1) is 6.92 Å². The van der Waals surface area contributed by atoms with E-state index in [1.807, 2.05) is 17.7 Å². The van der Waals surface area contributed by atoms with Gasteiger partial charge in [0.25, 0.3) is 0 Å². The second kappa shape index (κ2) is 6.90. The van der Waals surface area contributed by atoms with Gasteiger partial charge in [-0.15, -0.1) is 0 Å². The monoisotopic (exact) mass is 337 g/mol. The van der Waals surface area contributed by atoms with Crippen molar-refractivity contribution < 1.29 is 4.74 Å². The summed E-state index contributed by atoms with van der Waals surface area (Å²) in [5, 5.41) is 4.41. The average Bonchev–Trinajstić information content (AvgIpc) is 2.78. The van der Waals surface area contributed by atoms with Gasteiger partial charge < -0.3 is 10.5 Å². The molecular formula is C15H20BrN3O. The summed E-state index contributed by atoms with van der Waals surface area (Å²) in [6, 6.07) is 8.15. The third-order valence-electron chi connectivity index (χ3n) is 3.09. The molecule has 0 bridgehead atoms. The predicted octanol–water partition coefficient (Wildman–Crippen LogP) is 3.05. The van der Waals surface area contributed by atoms with Crippen molar-refractivity contribution in [3.63, 3.8) is 0 Å². The van der Waals surface area contributed by atoms with Gasteiger partial charge in [-0.2, -0.15) is 5.10 Å². The summed E-state index contributed by atoms with van der Waals surface area (Å²) < 4.78 is 8.80. The number of aromatic nitrogens is 2. The van der Waals surface area contributed by atoms with Gasteiger partial charge in [-0.25, -0.2) is 0 Å². The number of hydrogen-bond donors (Lipinski definition) is 1. The average molecular weight is 338 g/mol. The minimum Gasteiger partial charge on any atom is -0.486 e. The molecule has 0 saturated carbocycles. The quantitative estimate of drug-likeness (QED) is 0.881. The SMILES string of the molecule is CCn1nc(C)cc1COc1ccc(CCN)cc1Br. The highest BCUT2D eigenvalue weighted by Crippen LogP contribution is 2.27. The molecule has 0 fully saturated rings. The van der Waals surface area contributed by atoms with Crippen molar-refractivity contribution in [3.8, 4) is 5.75 Å². The molecule has 2 rings (SSSR count). The largest absolute Gasteiger partial charge is 0.486 e. The van der Waals surface area contributed by atoms with E-state index in [0.29, 0.717) is 13.2 Å². The zero-order valence-electron chi connectivity index (χ0n) is 11.9. The van der Waals surface area contributed by atoms with E-state index in [2.05, 4.69) is 46.2 Å². The van der Waals surface area contributed by atoms with E-state index in [1.165, 1.54) is 5.56 Å². The molecule has 108 valence electrons. The zero-order valence-corrected chi connectivity index (χ0v) is 13.5. The Morgan fingerprint density at radius 2 is 2.15 bits per heavy atom. The van der Waals surface area contributed by atoms with E-state index < -0.39 is 0 Å². The van der Waals surface area contributed by atoms with Crippen molar-refractivity contribution >= 4 is 15.9 Å². The molecule has 0 aliphatic carbocycles. The van der Waals surface area contributed by atoms with E-state index in [4.69, 9.17) is 10.5 Å². The predicted molar refractivity (Wildman–Crippen MR) is 83.9 cm³/mol. The fraction of sp³-hybridized carbons (Fsp3) is 0.400. The van der Waals surface area contributed by atoms with E-state index in [9.17, 15) is 0 Å². The maximum absolute atomic E-state index is 5.87. The first kappa shape index (κ1) is 15.1. The molecule has 0 aliphatic rings. The highest BCUT2D eigenvalue weighted by Gasteiger charge is 2.07. The number of hydrogen-bond acceptors (Lipinski definition) is 3. The second-order valence-electron chi connectivity index (χ2n) is 4.68. The maximum Gasteiger partial charge on any atom is 0.134 e. The van der Waals surface area contributed by atoms with Crippen molar-refractivity contribution in [2.75, 3.05) is 6.54 Å². The molecule has 0 atom stereocenters. The molecule has 0 saturated heterocycles. The van der Waals surface area contributed by atoms with Crippen molar-refractivity contribution in [2.24, 2.45) is 5.73 Å². The number of halogens is 1. The maximum atomic E-state index is 5.87. The fourth-order valence-electron chi connectivity index (χ4n) is 2.12. The topological polar surface area (TPSA) is 53.1 Å². The molecule has 1 aromatic carbocycles. The van der Waals surface area contributed by atoms with Crippen LogP contribution < -0.4 is 10.5 Å². The minimum atomic E-state index is 0.517. The van der Waals surface area contributed by atoms with Crippen LogP contribution >= 0.6 is 15.9 Å². The summed E-state index contributed by atoms with van der Waals surface area (Å²) in [5.74, 6) is 0.840. The highest BCUT2D eigenvalue weighted by molar-refractivity contribution is 9.10. The van der Waals surface area contributed by atoms with Gasteiger partial charge in [-0.1, -0.05) is 6.07 Å². The molecular weight excluding hydrogens is 318 g/mol. The molecule has 1 aromatic heterocycles.